The third-order valence-electron chi connectivity index (χ3n) is 1.23. The lowest BCUT2D eigenvalue weighted by Crippen LogP contribution is -1.70. The van der Waals surface area contributed by atoms with Gasteiger partial charge in [-0.15, -0.1) is 11.6 Å². The molecule has 0 fully saturated rings. The number of rotatable bonds is 5. The minimum Gasteiger partial charge on any atom is -0.122 e. The van der Waals surface area contributed by atoms with Crippen molar-refractivity contribution in [3.63, 3.8) is 0 Å². The predicted octanol–water partition coefficient (Wildman–Crippen LogP) is 3.36. The van der Waals surface area contributed by atoms with E-state index in [-0.39, 0.29) is 0 Å². The molecule has 0 aliphatic rings. The molecule has 0 saturated heterocycles. The van der Waals surface area contributed by atoms with Gasteiger partial charge in [-0.1, -0.05) is 31.9 Å². The van der Waals surface area contributed by atoms with E-state index in [4.69, 9.17) is 11.6 Å². The Bertz CT molecular complexity index is 67.0. The molecule has 0 aromatic carbocycles. The third kappa shape index (κ3) is 8.03. The summed E-state index contributed by atoms with van der Waals surface area (Å²) in [6, 6.07) is 0. The van der Waals surface area contributed by atoms with Crippen molar-refractivity contribution in [3.8, 4) is 0 Å². The zero-order valence-corrected chi connectivity index (χ0v) is 6.82. The second kappa shape index (κ2) is 8.03. The summed E-state index contributed by atoms with van der Waals surface area (Å²) in [5, 5.41) is 0. The van der Waals surface area contributed by atoms with E-state index in [0.29, 0.717) is 5.88 Å². The minimum atomic E-state index is 0.659. The molecule has 0 nitrogen and oxygen atoms in total. The first-order chi connectivity index (χ1) is 4.41. The van der Waals surface area contributed by atoms with Crippen LogP contribution in [0.25, 0.3) is 0 Å². The summed E-state index contributed by atoms with van der Waals surface area (Å²) >= 11 is 5.43. The number of hydrogen-bond donors (Lipinski definition) is 0. The smallest absolute Gasteiger partial charge is 0.0404 e. The van der Waals surface area contributed by atoms with Gasteiger partial charge in [-0.2, -0.15) is 0 Å². The summed E-state index contributed by atoms with van der Waals surface area (Å²) in [6.07, 6.45) is 9.31. The molecule has 0 bridgehead atoms. The van der Waals surface area contributed by atoms with Crippen LogP contribution in [0.1, 0.15) is 32.6 Å². The molecule has 0 amide bonds. The summed E-state index contributed by atoms with van der Waals surface area (Å²) in [5.41, 5.74) is 0. The fourth-order valence-corrected chi connectivity index (χ4v) is 0.819. The van der Waals surface area contributed by atoms with Crippen molar-refractivity contribution in [3.05, 3.63) is 12.2 Å². The van der Waals surface area contributed by atoms with E-state index in [1.54, 1.807) is 0 Å². The Labute approximate surface area is 62.9 Å². The molecule has 0 aromatic rings. The first-order valence-electron chi connectivity index (χ1n) is 3.62. The molecule has 0 aliphatic heterocycles. The minimum absolute atomic E-state index is 0.659. The van der Waals surface area contributed by atoms with Gasteiger partial charge in [0, 0.05) is 5.88 Å². The molecule has 0 atom stereocenters. The summed E-state index contributed by atoms with van der Waals surface area (Å²) < 4.78 is 0. The number of allylic oxidation sites excluding steroid dienone is 2. The number of alkyl halides is 1. The maximum atomic E-state index is 5.43. The average molecular weight is 147 g/mol. The van der Waals surface area contributed by atoms with E-state index < -0.39 is 0 Å². The molecule has 0 heterocycles. The van der Waals surface area contributed by atoms with E-state index >= 15 is 0 Å². The normalized spacial score (nSPS) is 10.9. The second-order valence-corrected chi connectivity index (χ2v) is 2.43. The van der Waals surface area contributed by atoms with Gasteiger partial charge in [-0.3, -0.25) is 0 Å². The van der Waals surface area contributed by atoms with Crippen LogP contribution in [-0.4, -0.2) is 5.88 Å². The molecule has 54 valence electrons. The van der Waals surface area contributed by atoms with E-state index in [1.165, 1.54) is 25.7 Å². The van der Waals surface area contributed by atoms with Crippen LogP contribution in [0, 0.1) is 0 Å². The van der Waals surface area contributed by atoms with Crippen molar-refractivity contribution in [2.24, 2.45) is 0 Å². The molecular weight excluding hydrogens is 132 g/mol. The lowest BCUT2D eigenvalue weighted by Gasteiger charge is -1.89. The quantitative estimate of drug-likeness (QED) is 0.317. The molecular formula is C8H15Cl. The van der Waals surface area contributed by atoms with Crippen LogP contribution in [0.5, 0.6) is 0 Å². The molecule has 9 heavy (non-hydrogen) atoms. The van der Waals surface area contributed by atoms with E-state index in [1.807, 2.05) is 6.08 Å². The van der Waals surface area contributed by atoms with Crippen LogP contribution in [-0.2, 0) is 0 Å². The van der Waals surface area contributed by atoms with E-state index in [9.17, 15) is 0 Å². The summed E-state index contributed by atoms with van der Waals surface area (Å²) in [5.74, 6) is 0.659. The fraction of sp³-hybridized carbons (Fsp3) is 0.750. The van der Waals surface area contributed by atoms with Crippen molar-refractivity contribution >= 4 is 11.6 Å². The zero-order valence-electron chi connectivity index (χ0n) is 6.07. The summed E-state index contributed by atoms with van der Waals surface area (Å²) in [4.78, 5) is 0. The first-order valence-corrected chi connectivity index (χ1v) is 4.16. The van der Waals surface area contributed by atoms with Crippen LogP contribution in [0.3, 0.4) is 0 Å². The highest BCUT2D eigenvalue weighted by molar-refractivity contribution is 6.18. The molecule has 0 aromatic heterocycles. The monoisotopic (exact) mass is 146 g/mol. The van der Waals surface area contributed by atoms with Gasteiger partial charge in [-0.25, -0.2) is 0 Å². The topological polar surface area (TPSA) is 0 Å². The van der Waals surface area contributed by atoms with Crippen LogP contribution >= 0.6 is 11.6 Å². The van der Waals surface area contributed by atoms with Gasteiger partial charge < -0.3 is 0 Å². The lowest BCUT2D eigenvalue weighted by molar-refractivity contribution is 0.729. The Morgan fingerprint density at radius 3 is 2.56 bits per heavy atom. The first kappa shape index (κ1) is 9.03. The highest BCUT2D eigenvalue weighted by Gasteiger charge is 1.79. The van der Waals surface area contributed by atoms with Crippen LogP contribution in [0.15, 0.2) is 12.2 Å². The SMILES string of the molecule is CCCCC/C=C\CCl. The van der Waals surface area contributed by atoms with Crippen molar-refractivity contribution in [1.29, 1.82) is 0 Å². The standard InChI is InChI=1S/C8H15Cl/c1-2-3-4-5-6-7-8-9/h6-7H,2-5,8H2,1H3/b7-6-. The third-order valence-corrected chi connectivity index (χ3v) is 1.41. The Balaban J connectivity index is 2.82. The number of unbranched alkanes of at least 4 members (excludes halogenated alkanes) is 3. The van der Waals surface area contributed by atoms with Crippen LogP contribution in [0.4, 0.5) is 0 Å². The maximum Gasteiger partial charge on any atom is 0.0404 e. The fourth-order valence-electron chi connectivity index (χ4n) is 0.693. The predicted molar refractivity (Wildman–Crippen MR) is 44.0 cm³/mol. The Hall–Kier alpha value is 0.0300. The maximum absolute atomic E-state index is 5.43. The van der Waals surface area contributed by atoms with Crippen molar-refractivity contribution < 1.29 is 0 Å². The molecule has 0 aliphatic carbocycles. The van der Waals surface area contributed by atoms with Crippen molar-refractivity contribution in [2.75, 3.05) is 5.88 Å². The summed E-state index contributed by atoms with van der Waals surface area (Å²) in [7, 11) is 0. The molecule has 0 unspecified atom stereocenters. The van der Waals surface area contributed by atoms with E-state index in [0.717, 1.165) is 0 Å². The lowest BCUT2D eigenvalue weighted by atomic mass is 10.2. The zero-order chi connectivity index (χ0) is 6.95. The molecule has 0 rings (SSSR count). The Morgan fingerprint density at radius 1 is 1.22 bits per heavy atom. The van der Waals surface area contributed by atoms with Gasteiger partial charge in [0.2, 0.25) is 0 Å². The van der Waals surface area contributed by atoms with Gasteiger partial charge in [0.15, 0.2) is 0 Å². The van der Waals surface area contributed by atoms with Crippen LogP contribution in [0.2, 0.25) is 0 Å². The van der Waals surface area contributed by atoms with E-state index in [2.05, 4.69) is 13.0 Å². The van der Waals surface area contributed by atoms with Crippen LogP contribution < -0.4 is 0 Å². The van der Waals surface area contributed by atoms with Gasteiger partial charge >= 0.3 is 0 Å². The largest absolute Gasteiger partial charge is 0.122 e. The van der Waals surface area contributed by atoms with Crippen molar-refractivity contribution in [2.45, 2.75) is 32.6 Å². The number of halogens is 1. The number of hydrogen-bond acceptors (Lipinski definition) is 0. The molecule has 1 heteroatoms. The molecule has 0 N–H and O–H groups in total. The molecule has 0 radical (unpaired) electrons. The molecule has 0 saturated carbocycles. The average Bonchev–Trinajstić information content (AvgIpc) is 1.89. The molecule has 0 spiro atoms. The Kier molecular flexibility index (Phi) is 8.06. The highest BCUT2D eigenvalue weighted by atomic mass is 35.5. The van der Waals surface area contributed by atoms with Gasteiger partial charge in [0.05, 0.1) is 0 Å². The summed E-state index contributed by atoms with van der Waals surface area (Å²) in [6.45, 7) is 2.21. The van der Waals surface area contributed by atoms with Crippen molar-refractivity contribution in [1.82, 2.24) is 0 Å². The van der Waals surface area contributed by atoms with Gasteiger partial charge in [0.25, 0.3) is 0 Å². The van der Waals surface area contributed by atoms with Gasteiger partial charge in [-0.05, 0) is 12.8 Å². The highest BCUT2D eigenvalue weighted by Crippen LogP contribution is 1.99. The van der Waals surface area contributed by atoms with Gasteiger partial charge in [0.1, 0.15) is 0 Å². The second-order valence-electron chi connectivity index (χ2n) is 2.12. The Morgan fingerprint density at radius 2 is 2.00 bits per heavy atom.